The molecule has 0 heterocycles. The monoisotopic (exact) mass is 257 g/mol. The lowest BCUT2D eigenvalue weighted by atomic mass is 9.96. The molecule has 1 amide bonds. The molecule has 17 heavy (non-hydrogen) atoms. The van der Waals surface area contributed by atoms with Crippen LogP contribution >= 0.6 is 11.8 Å². The summed E-state index contributed by atoms with van der Waals surface area (Å²) in [6.45, 7) is 3.55. The van der Waals surface area contributed by atoms with Gasteiger partial charge in [0.15, 0.2) is 0 Å². The molecule has 0 fully saturated rings. The van der Waals surface area contributed by atoms with Gasteiger partial charge in [0.1, 0.15) is 5.82 Å². The van der Waals surface area contributed by atoms with E-state index < -0.39 is 11.2 Å². The molecule has 1 rings (SSSR count). The van der Waals surface area contributed by atoms with Crippen molar-refractivity contribution in [2.75, 3.05) is 11.5 Å². The van der Waals surface area contributed by atoms with Crippen molar-refractivity contribution in [3.63, 3.8) is 0 Å². The van der Waals surface area contributed by atoms with Crippen molar-refractivity contribution < 1.29 is 9.18 Å². The average molecular weight is 257 g/mol. The number of carbonyl (C=O) groups excluding carboxylic acids is 1. The van der Waals surface area contributed by atoms with Gasteiger partial charge < -0.3 is 5.73 Å². The molecule has 94 valence electrons. The van der Waals surface area contributed by atoms with Gasteiger partial charge in [0.05, 0.1) is 11.1 Å². The normalized spacial score (nSPS) is 11.3. The first-order valence-corrected chi connectivity index (χ1v) is 6.04. The number of benzene rings is 1. The Labute approximate surface area is 104 Å². The van der Waals surface area contributed by atoms with E-state index >= 15 is 0 Å². The summed E-state index contributed by atoms with van der Waals surface area (Å²) in [5.74, 6) is 4.89. The van der Waals surface area contributed by atoms with Crippen LogP contribution in [0.2, 0.25) is 0 Å². The first-order valence-electron chi connectivity index (χ1n) is 5.05. The van der Waals surface area contributed by atoms with E-state index in [2.05, 4.69) is 5.43 Å². The predicted molar refractivity (Wildman–Crippen MR) is 67.6 cm³/mol. The molecule has 0 aliphatic heterocycles. The van der Waals surface area contributed by atoms with Gasteiger partial charge in [-0.2, -0.15) is 0 Å². The number of nitrogen functional groups attached to an aromatic ring is 1. The number of hydrazine groups is 1. The number of rotatable bonds is 4. The Balaban J connectivity index is 2.67. The number of halogens is 1. The number of hydrogen-bond acceptors (Lipinski definition) is 4. The highest BCUT2D eigenvalue weighted by molar-refractivity contribution is 7.99. The van der Waals surface area contributed by atoms with Crippen LogP contribution in [0, 0.1) is 11.2 Å². The van der Waals surface area contributed by atoms with Crippen LogP contribution in [-0.4, -0.2) is 11.7 Å². The Bertz CT molecular complexity index is 423. The van der Waals surface area contributed by atoms with E-state index in [1.165, 1.54) is 23.9 Å². The third-order valence-corrected chi connectivity index (χ3v) is 3.77. The van der Waals surface area contributed by atoms with Gasteiger partial charge in [-0.15, -0.1) is 11.8 Å². The maximum atomic E-state index is 13.2. The highest BCUT2D eigenvalue weighted by Crippen LogP contribution is 2.29. The fourth-order valence-electron chi connectivity index (χ4n) is 1.12. The number of carbonyl (C=O) groups is 1. The van der Waals surface area contributed by atoms with Crippen LogP contribution < -0.4 is 17.0 Å². The lowest BCUT2D eigenvalue weighted by Gasteiger charge is -2.21. The lowest BCUT2D eigenvalue weighted by Crippen LogP contribution is -2.42. The molecule has 1 aromatic rings. The van der Waals surface area contributed by atoms with E-state index in [9.17, 15) is 9.18 Å². The number of hydrogen-bond donors (Lipinski definition) is 3. The zero-order chi connectivity index (χ0) is 13.1. The van der Waals surface area contributed by atoms with Crippen molar-refractivity contribution in [2.45, 2.75) is 18.7 Å². The second kappa shape index (κ2) is 5.37. The zero-order valence-electron chi connectivity index (χ0n) is 9.79. The standard InChI is InChI=1S/C11H16FN3OS/c1-11(2,10(16)15-14)6-17-7-3-4-9(13)8(12)5-7/h3-5H,6,13-14H2,1-2H3,(H,15,16). The van der Waals surface area contributed by atoms with Crippen LogP contribution in [-0.2, 0) is 4.79 Å². The molecule has 0 aromatic heterocycles. The van der Waals surface area contributed by atoms with E-state index in [0.29, 0.717) is 5.75 Å². The Morgan fingerprint density at radius 3 is 2.71 bits per heavy atom. The van der Waals surface area contributed by atoms with Crippen molar-refractivity contribution in [1.29, 1.82) is 0 Å². The summed E-state index contributed by atoms with van der Waals surface area (Å²) in [5, 5.41) is 0. The Morgan fingerprint density at radius 2 is 2.18 bits per heavy atom. The number of anilines is 1. The number of amides is 1. The fourth-order valence-corrected chi connectivity index (χ4v) is 2.13. The van der Waals surface area contributed by atoms with Gasteiger partial charge >= 0.3 is 0 Å². The second-order valence-corrected chi connectivity index (χ2v) is 5.38. The van der Waals surface area contributed by atoms with Gasteiger partial charge in [-0.05, 0) is 18.2 Å². The van der Waals surface area contributed by atoms with Crippen LogP contribution in [0.4, 0.5) is 10.1 Å². The molecule has 0 saturated carbocycles. The van der Waals surface area contributed by atoms with Crippen molar-refractivity contribution in [2.24, 2.45) is 11.3 Å². The molecular weight excluding hydrogens is 241 g/mol. The van der Waals surface area contributed by atoms with E-state index in [-0.39, 0.29) is 11.6 Å². The number of thioether (sulfide) groups is 1. The summed E-state index contributed by atoms with van der Waals surface area (Å²) < 4.78 is 13.2. The first kappa shape index (κ1) is 13.8. The van der Waals surface area contributed by atoms with Crippen molar-refractivity contribution in [3.05, 3.63) is 24.0 Å². The van der Waals surface area contributed by atoms with Gasteiger partial charge in [0.25, 0.3) is 0 Å². The minimum atomic E-state index is -0.614. The molecule has 0 saturated heterocycles. The third kappa shape index (κ3) is 3.61. The third-order valence-electron chi connectivity index (χ3n) is 2.32. The van der Waals surface area contributed by atoms with E-state index in [1.807, 2.05) is 0 Å². The molecular formula is C11H16FN3OS. The zero-order valence-corrected chi connectivity index (χ0v) is 10.6. The molecule has 0 aliphatic rings. The van der Waals surface area contributed by atoms with Gasteiger partial charge in [-0.1, -0.05) is 13.8 Å². The van der Waals surface area contributed by atoms with Crippen LogP contribution in [0.1, 0.15) is 13.8 Å². The molecule has 0 spiro atoms. The molecule has 0 aliphatic carbocycles. The second-order valence-electron chi connectivity index (χ2n) is 4.33. The summed E-state index contributed by atoms with van der Waals surface area (Å²) >= 11 is 1.38. The molecule has 0 bridgehead atoms. The highest BCUT2D eigenvalue weighted by Gasteiger charge is 2.27. The maximum Gasteiger partial charge on any atom is 0.240 e. The molecule has 4 nitrogen and oxygen atoms in total. The maximum absolute atomic E-state index is 13.2. The van der Waals surface area contributed by atoms with Crippen LogP contribution in [0.5, 0.6) is 0 Å². The summed E-state index contributed by atoms with van der Waals surface area (Å²) in [7, 11) is 0. The van der Waals surface area contributed by atoms with Crippen molar-refractivity contribution in [1.82, 2.24) is 5.43 Å². The number of nitrogens with two attached hydrogens (primary N) is 2. The minimum absolute atomic E-state index is 0.119. The molecule has 5 N–H and O–H groups in total. The summed E-state index contributed by atoms with van der Waals surface area (Å²) in [5.41, 5.74) is 7.00. The average Bonchev–Trinajstić information content (AvgIpc) is 2.29. The Morgan fingerprint density at radius 1 is 1.53 bits per heavy atom. The molecule has 0 unspecified atom stereocenters. The Hall–Kier alpha value is -1.27. The Kier molecular flexibility index (Phi) is 4.36. The summed E-state index contributed by atoms with van der Waals surface area (Å²) in [6, 6.07) is 4.59. The van der Waals surface area contributed by atoms with Gasteiger partial charge in [0, 0.05) is 10.6 Å². The van der Waals surface area contributed by atoms with Crippen LogP contribution in [0.15, 0.2) is 23.1 Å². The van der Waals surface area contributed by atoms with Gasteiger partial charge in [-0.3, -0.25) is 10.2 Å². The van der Waals surface area contributed by atoms with Crippen molar-refractivity contribution >= 4 is 23.4 Å². The van der Waals surface area contributed by atoms with E-state index in [0.717, 1.165) is 4.90 Å². The quantitative estimate of drug-likeness (QED) is 0.251. The summed E-state index contributed by atoms with van der Waals surface area (Å²) in [6.07, 6.45) is 0. The van der Waals surface area contributed by atoms with Gasteiger partial charge in [0.2, 0.25) is 5.91 Å². The fraction of sp³-hybridized carbons (Fsp3) is 0.364. The van der Waals surface area contributed by atoms with E-state index in [4.69, 9.17) is 11.6 Å². The number of nitrogens with one attached hydrogen (secondary N) is 1. The van der Waals surface area contributed by atoms with E-state index in [1.54, 1.807) is 19.9 Å². The largest absolute Gasteiger partial charge is 0.396 e. The molecule has 6 heteroatoms. The predicted octanol–water partition coefficient (Wildman–Crippen LogP) is 1.52. The molecule has 0 atom stereocenters. The van der Waals surface area contributed by atoms with Crippen molar-refractivity contribution in [3.8, 4) is 0 Å². The highest BCUT2D eigenvalue weighted by atomic mass is 32.2. The smallest absolute Gasteiger partial charge is 0.240 e. The minimum Gasteiger partial charge on any atom is -0.396 e. The molecule has 1 aromatic carbocycles. The molecule has 0 radical (unpaired) electrons. The first-order chi connectivity index (χ1) is 7.86. The van der Waals surface area contributed by atoms with Crippen LogP contribution in [0.25, 0.3) is 0 Å². The summed E-state index contributed by atoms with van der Waals surface area (Å²) in [4.78, 5) is 12.2. The topological polar surface area (TPSA) is 81.1 Å². The SMILES string of the molecule is CC(C)(CSc1ccc(N)c(F)c1)C(=O)NN. The lowest BCUT2D eigenvalue weighted by molar-refractivity contribution is -0.128. The van der Waals surface area contributed by atoms with Crippen LogP contribution in [0.3, 0.4) is 0 Å². The van der Waals surface area contributed by atoms with Gasteiger partial charge in [-0.25, -0.2) is 10.2 Å².